The molecule has 0 aromatic heterocycles. The van der Waals surface area contributed by atoms with Crippen LogP contribution < -0.4 is 10.6 Å². The maximum atomic E-state index is 12.2. The van der Waals surface area contributed by atoms with Gasteiger partial charge < -0.3 is 10.6 Å². The van der Waals surface area contributed by atoms with Crippen LogP contribution in [0.1, 0.15) is 31.0 Å². The first-order valence-corrected chi connectivity index (χ1v) is 6.66. The normalized spacial score (nSPS) is 24.8. The summed E-state index contributed by atoms with van der Waals surface area (Å²) in [7, 11) is 0. The monoisotopic (exact) mass is 246 g/mol. The Morgan fingerprint density at radius 1 is 1.39 bits per heavy atom. The van der Waals surface area contributed by atoms with E-state index in [0.29, 0.717) is 5.92 Å². The fraction of sp³-hybridized carbons (Fsp3) is 0.533. The average molecular weight is 246 g/mol. The zero-order valence-electron chi connectivity index (χ0n) is 11.4. The highest BCUT2D eigenvalue weighted by Gasteiger charge is 2.30. The Hall–Kier alpha value is -1.35. The SMILES string of the molecule is Cc1ccccc1[C@@H](C)NC(=O)[C@@H]1CNC[C@H]1C. The second-order valence-electron chi connectivity index (χ2n) is 5.33. The van der Waals surface area contributed by atoms with Gasteiger partial charge in [-0.25, -0.2) is 0 Å². The quantitative estimate of drug-likeness (QED) is 0.857. The smallest absolute Gasteiger partial charge is 0.225 e. The van der Waals surface area contributed by atoms with E-state index in [9.17, 15) is 4.79 Å². The summed E-state index contributed by atoms with van der Waals surface area (Å²) in [5, 5.41) is 6.40. The van der Waals surface area contributed by atoms with Crippen LogP contribution in [-0.2, 0) is 4.79 Å². The van der Waals surface area contributed by atoms with Crippen LogP contribution in [0.4, 0.5) is 0 Å². The molecule has 0 aliphatic carbocycles. The van der Waals surface area contributed by atoms with E-state index in [0.717, 1.165) is 13.1 Å². The Kier molecular flexibility index (Phi) is 4.02. The van der Waals surface area contributed by atoms with Crippen LogP contribution in [0.5, 0.6) is 0 Å². The Labute approximate surface area is 109 Å². The first-order chi connectivity index (χ1) is 8.59. The zero-order valence-corrected chi connectivity index (χ0v) is 11.4. The van der Waals surface area contributed by atoms with Crippen LogP contribution in [0.2, 0.25) is 0 Å². The Bertz CT molecular complexity index is 430. The Balaban J connectivity index is 2.01. The molecule has 1 fully saturated rings. The van der Waals surface area contributed by atoms with E-state index in [4.69, 9.17) is 0 Å². The van der Waals surface area contributed by atoms with E-state index in [-0.39, 0.29) is 17.9 Å². The minimum Gasteiger partial charge on any atom is -0.349 e. The molecule has 2 N–H and O–H groups in total. The van der Waals surface area contributed by atoms with Gasteiger partial charge >= 0.3 is 0 Å². The van der Waals surface area contributed by atoms with Crippen LogP contribution in [0, 0.1) is 18.8 Å². The third-order valence-corrected chi connectivity index (χ3v) is 3.87. The van der Waals surface area contributed by atoms with Crippen molar-refractivity contribution in [1.29, 1.82) is 0 Å². The number of carbonyl (C=O) groups excluding carboxylic acids is 1. The minimum atomic E-state index is 0.0755. The van der Waals surface area contributed by atoms with Crippen molar-refractivity contribution in [3.05, 3.63) is 35.4 Å². The fourth-order valence-corrected chi connectivity index (χ4v) is 2.63. The van der Waals surface area contributed by atoms with Gasteiger partial charge in [-0.3, -0.25) is 4.79 Å². The molecule has 3 nitrogen and oxygen atoms in total. The third kappa shape index (κ3) is 2.72. The standard InChI is InChI=1S/C15H22N2O/c1-10-6-4-5-7-13(10)12(3)17-15(18)14-9-16-8-11(14)2/h4-7,11-12,14,16H,8-9H2,1-3H3,(H,17,18)/t11-,12-,14-/m1/s1. The summed E-state index contributed by atoms with van der Waals surface area (Å²) in [4.78, 5) is 12.2. The molecule has 3 heteroatoms. The van der Waals surface area contributed by atoms with E-state index in [1.54, 1.807) is 0 Å². The van der Waals surface area contributed by atoms with E-state index in [1.807, 2.05) is 19.1 Å². The molecule has 1 heterocycles. The fourth-order valence-electron chi connectivity index (χ4n) is 2.63. The molecular formula is C15H22N2O. The highest BCUT2D eigenvalue weighted by molar-refractivity contribution is 5.80. The van der Waals surface area contributed by atoms with Crippen LogP contribution in [0.15, 0.2) is 24.3 Å². The van der Waals surface area contributed by atoms with Crippen molar-refractivity contribution >= 4 is 5.91 Å². The van der Waals surface area contributed by atoms with Gasteiger partial charge in [-0.1, -0.05) is 31.2 Å². The summed E-state index contributed by atoms with van der Waals surface area (Å²) in [6.45, 7) is 8.00. The Morgan fingerprint density at radius 3 is 2.72 bits per heavy atom. The van der Waals surface area contributed by atoms with Crippen molar-refractivity contribution < 1.29 is 4.79 Å². The average Bonchev–Trinajstić information content (AvgIpc) is 2.76. The second-order valence-corrected chi connectivity index (χ2v) is 5.33. The first-order valence-electron chi connectivity index (χ1n) is 6.66. The van der Waals surface area contributed by atoms with Gasteiger partial charge in [0.1, 0.15) is 0 Å². The molecule has 0 spiro atoms. The van der Waals surface area contributed by atoms with Gasteiger partial charge in [-0.15, -0.1) is 0 Å². The van der Waals surface area contributed by atoms with Crippen LogP contribution in [-0.4, -0.2) is 19.0 Å². The topological polar surface area (TPSA) is 41.1 Å². The molecule has 0 radical (unpaired) electrons. The number of carbonyl (C=O) groups is 1. The van der Waals surface area contributed by atoms with Crippen molar-refractivity contribution in [3.8, 4) is 0 Å². The lowest BCUT2D eigenvalue weighted by atomic mass is 9.96. The van der Waals surface area contributed by atoms with Crippen molar-refractivity contribution in [3.63, 3.8) is 0 Å². The molecule has 18 heavy (non-hydrogen) atoms. The van der Waals surface area contributed by atoms with E-state index in [2.05, 4.69) is 36.6 Å². The minimum absolute atomic E-state index is 0.0755. The molecule has 0 bridgehead atoms. The molecule has 1 amide bonds. The number of benzene rings is 1. The molecule has 1 aliphatic heterocycles. The third-order valence-electron chi connectivity index (χ3n) is 3.87. The van der Waals surface area contributed by atoms with E-state index < -0.39 is 0 Å². The maximum Gasteiger partial charge on any atom is 0.225 e. The molecule has 0 unspecified atom stereocenters. The van der Waals surface area contributed by atoms with Gasteiger partial charge in [0.05, 0.1) is 12.0 Å². The molecule has 2 rings (SSSR count). The summed E-state index contributed by atoms with van der Waals surface area (Å²) in [5.41, 5.74) is 2.42. The molecule has 1 saturated heterocycles. The largest absolute Gasteiger partial charge is 0.349 e. The van der Waals surface area contributed by atoms with Crippen LogP contribution in [0.3, 0.4) is 0 Å². The lowest BCUT2D eigenvalue weighted by Crippen LogP contribution is -2.36. The molecule has 1 aromatic carbocycles. The maximum absolute atomic E-state index is 12.2. The molecule has 1 aliphatic rings. The lowest BCUT2D eigenvalue weighted by molar-refractivity contribution is -0.126. The zero-order chi connectivity index (χ0) is 13.1. The number of amides is 1. The number of hydrogen-bond donors (Lipinski definition) is 2. The van der Waals surface area contributed by atoms with Gasteiger partial charge in [-0.2, -0.15) is 0 Å². The predicted molar refractivity (Wildman–Crippen MR) is 73.3 cm³/mol. The molecule has 98 valence electrons. The molecule has 3 atom stereocenters. The van der Waals surface area contributed by atoms with Crippen molar-refractivity contribution in [2.24, 2.45) is 11.8 Å². The van der Waals surface area contributed by atoms with E-state index in [1.165, 1.54) is 11.1 Å². The highest BCUT2D eigenvalue weighted by Crippen LogP contribution is 2.20. The number of aryl methyl sites for hydroxylation is 1. The number of hydrogen-bond acceptors (Lipinski definition) is 2. The molecular weight excluding hydrogens is 224 g/mol. The highest BCUT2D eigenvalue weighted by atomic mass is 16.2. The van der Waals surface area contributed by atoms with Crippen molar-refractivity contribution in [1.82, 2.24) is 10.6 Å². The number of nitrogens with one attached hydrogen (secondary N) is 2. The summed E-state index contributed by atoms with van der Waals surface area (Å²) in [6, 6.07) is 8.28. The number of rotatable bonds is 3. The molecule has 1 aromatic rings. The van der Waals surface area contributed by atoms with Gasteiger partial charge in [0.25, 0.3) is 0 Å². The van der Waals surface area contributed by atoms with Crippen LogP contribution in [0.25, 0.3) is 0 Å². The summed E-state index contributed by atoms with van der Waals surface area (Å²) in [5.74, 6) is 0.703. The van der Waals surface area contributed by atoms with E-state index >= 15 is 0 Å². The molecule has 0 saturated carbocycles. The first kappa shape index (κ1) is 13.1. The van der Waals surface area contributed by atoms with Crippen molar-refractivity contribution in [2.75, 3.05) is 13.1 Å². The van der Waals surface area contributed by atoms with Gasteiger partial charge in [0.2, 0.25) is 5.91 Å². The van der Waals surface area contributed by atoms with Crippen LogP contribution >= 0.6 is 0 Å². The Morgan fingerprint density at radius 2 is 2.11 bits per heavy atom. The van der Waals surface area contributed by atoms with Crippen molar-refractivity contribution in [2.45, 2.75) is 26.8 Å². The van der Waals surface area contributed by atoms with Gasteiger partial charge in [0.15, 0.2) is 0 Å². The van der Waals surface area contributed by atoms with Gasteiger partial charge in [0, 0.05) is 6.54 Å². The summed E-state index contributed by atoms with van der Waals surface area (Å²) >= 11 is 0. The van der Waals surface area contributed by atoms with Gasteiger partial charge in [-0.05, 0) is 37.4 Å². The summed E-state index contributed by atoms with van der Waals surface area (Å²) in [6.07, 6.45) is 0. The predicted octanol–water partition coefficient (Wildman–Crippen LogP) is 2.03. The second kappa shape index (κ2) is 5.53. The summed E-state index contributed by atoms with van der Waals surface area (Å²) < 4.78 is 0. The lowest BCUT2D eigenvalue weighted by Gasteiger charge is -2.20.